The third kappa shape index (κ3) is 4.03. The fraction of sp³-hybridized carbons (Fsp3) is 0.136. The van der Waals surface area contributed by atoms with Crippen LogP contribution < -0.4 is 14.2 Å². The van der Waals surface area contributed by atoms with Crippen LogP contribution in [0.15, 0.2) is 60.9 Å². The van der Waals surface area contributed by atoms with Crippen LogP contribution in [-0.2, 0) is 6.61 Å². The van der Waals surface area contributed by atoms with Crippen molar-refractivity contribution in [2.24, 2.45) is 0 Å². The zero-order chi connectivity index (χ0) is 20.2. The molecule has 0 aliphatic rings. The molecule has 7 heteroatoms. The Labute approximate surface area is 167 Å². The molecule has 2 aromatic carbocycles. The van der Waals surface area contributed by atoms with Crippen LogP contribution in [0.25, 0.3) is 22.4 Å². The summed E-state index contributed by atoms with van der Waals surface area (Å²) in [5.41, 5.74) is 2.22. The van der Waals surface area contributed by atoms with Gasteiger partial charge in [0.25, 0.3) is 0 Å². The number of hydrogen-bond acceptors (Lipinski definition) is 7. The molecule has 7 nitrogen and oxygen atoms in total. The average molecular weight is 389 g/mol. The second-order valence-corrected chi connectivity index (χ2v) is 6.30. The Hall–Kier alpha value is -3.87. The molecule has 4 rings (SSSR count). The molecule has 0 radical (unpaired) electrons. The first-order valence-electron chi connectivity index (χ1n) is 8.92. The highest BCUT2D eigenvalue weighted by atomic mass is 16.5. The Morgan fingerprint density at radius 3 is 2.45 bits per heavy atom. The Morgan fingerprint density at radius 2 is 1.69 bits per heavy atom. The van der Waals surface area contributed by atoms with Crippen LogP contribution in [0.5, 0.6) is 23.0 Å². The third-order valence-corrected chi connectivity index (χ3v) is 4.36. The van der Waals surface area contributed by atoms with Gasteiger partial charge in [-0.15, -0.1) is 0 Å². The standard InChI is InChI=1S/C22H19N3O4/c1-27-17-5-3-4-14(8-17)13-29-20-10-18(28-2)9-15-6-7-19(25-21(15)20)22-23-11-16(26)12-24-22/h3-12,26H,13H2,1-2H3. The first kappa shape index (κ1) is 18.5. The van der Waals surface area contributed by atoms with Crippen molar-refractivity contribution in [2.75, 3.05) is 14.2 Å². The maximum atomic E-state index is 9.40. The van der Waals surface area contributed by atoms with E-state index in [4.69, 9.17) is 14.2 Å². The largest absolute Gasteiger partial charge is 0.505 e. The van der Waals surface area contributed by atoms with Gasteiger partial charge in [0, 0.05) is 11.5 Å². The van der Waals surface area contributed by atoms with E-state index >= 15 is 0 Å². The lowest BCUT2D eigenvalue weighted by Gasteiger charge is -2.12. The SMILES string of the molecule is COc1cccc(COc2cc(OC)cc3ccc(-c4ncc(O)cn4)nc23)c1. The fourth-order valence-corrected chi connectivity index (χ4v) is 2.91. The minimum atomic E-state index is 0.00147. The van der Waals surface area contributed by atoms with Gasteiger partial charge in [0.05, 0.1) is 26.6 Å². The maximum absolute atomic E-state index is 9.40. The van der Waals surface area contributed by atoms with Crippen molar-refractivity contribution in [3.8, 4) is 34.5 Å². The molecule has 0 unspecified atom stereocenters. The van der Waals surface area contributed by atoms with E-state index in [0.29, 0.717) is 35.1 Å². The van der Waals surface area contributed by atoms with Crippen molar-refractivity contribution < 1.29 is 19.3 Å². The zero-order valence-electron chi connectivity index (χ0n) is 16.0. The van der Waals surface area contributed by atoms with Crippen molar-refractivity contribution >= 4 is 10.9 Å². The lowest BCUT2D eigenvalue weighted by atomic mass is 10.1. The van der Waals surface area contributed by atoms with Gasteiger partial charge in [-0.25, -0.2) is 15.0 Å². The number of methoxy groups -OCH3 is 2. The van der Waals surface area contributed by atoms with Crippen LogP contribution in [-0.4, -0.2) is 34.3 Å². The molecule has 4 aromatic rings. The Morgan fingerprint density at radius 1 is 0.897 bits per heavy atom. The zero-order valence-corrected chi connectivity index (χ0v) is 16.0. The maximum Gasteiger partial charge on any atom is 0.178 e. The van der Waals surface area contributed by atoms with Crippen LogP contribution in [0, 0.1) is 0 Å². The quantitative estimate of drug-likeness (QED) is 0.533. The molecule has 2 heterocycles. The second-order valence-electron chi connectivity index (χ2n) is 6.30. The number of benzene rings is 2. The van der Waals surface area contributed by atoms with Crippen LogP contribution >= 0.6 is 0 Å². The molecule has 1 N–H and O–H groups in total. The predicted octanol–water partition coefficient (Wildman–Crippen LogP) is 3.99. The van der Waals surface area contributed by atoms with Crippen molar-refractivity contribution in [3.05, 3.63) is 66.5 Å². The number of aromatic nitrogens is 3. The van der Waals surface area contributed by atoms with Gasteiger partial charge < -0.3 is 19.3 Å². The van der Waals surface area contributed by atoms with E-state index in [2.05, 4.69) is 15.0 Å². The van der Waals surface area contributed by atoms with Crippen molar-refractivity contribution in [1.29, 1.82) is 0 Å². The predicted molar refractivity (Wildman–Crippen MR) is 108 cm³/mol. The van der Waals surface area contributed by atoms with Gasteiger partial charge in [-0.2, -0.15) is 0 Å². The average Bonchev–Trinajstić information content (AvgIpc) is 2.77. The van der Waals surface area contributed by atoms with Gasteiger partial charge in [-0.3, -0.25) is 0 Å². The molecular formula is C22H19N3O4. The summed E-state index contributed by atoms with van der Waals surface area (Å²) in [6.07, 6.45) is 2.67. The first-order chi connectivity index (χ1) is 14.2. The molecule has 0 bridgehead atoms. The number of nitrogens with zero attached hydrogens (tertiary/aromatic N) is 3. The summed E-state index contributed by atoms with van der Waals surface area (Å²) in [6, 6.07) is 15.1. The van der Waals surface area contributed by atoms with Crippen LogP contribution in [0.3, 0.4) is 0 Å². The highest BCUT2D eigenvalue weighted by molar-refractivity contribution is 5.87. The molecule has 0 spiro atoms. The summed E-state index contributed by atoms with van der Waals surface area (Å²) in [5, 5.41) is 10.3. The van der Waals surface area contributed by atoms with Gasteiger partial charge in [-0.05, 0) is 29.8 Å². The van der Waals surface area contributed by atoms with E-state index in [1.807, 2.05) is 42.5 Å². The summed E-state index contributed by atoms with van der Waals surface area (Å²) in [7, 11) is 3.24. The minimum absolute atomic E-state index is 0.00147. The smallest absolute Gasteiger partial charge is 0.178 e. The Bertz CT molecular complexity index is 1150. The summed E-state index contributed by atoms with van der Waals surface area (Å²) in [4.78, 5) is 12.9. The van der Waals surface area contributed by atoms with E-state index < -0.39 is 0 Å². The monoisotopic (exact) mass is 389 g/mol. The summed E-state index contributed by atoms with van der Waals surface area (Å²) in [6.45, 7) is 0.348. The second kappa shape index (κ2) is 8.02. The Kier molecular flexibility index (Phi) is 5.11. The van der Waals surface area contributed by atoms with Crippen molar-refractivity contribution in [2.45, 2.75) is 6.61 Å². The number of pyridine rings is 1. The van der Waals surface area contributed by atoms with Crippen LogP contribution in [0.2, 0.25) is 0 Å². The normalized spacial score (nSPS) is 10.7. The molecule has 146 valence electrons. The molecular weight excluding hydrogens is 370 g/mol. The number of rotatable bonds is 6. The van der Waals surface area contributed by atoms with E-state index in [1.54, 1.807) is 20.3 Å². The van der Waals surface area contributed by atoms with Crippen LogP contribution in [0.1, 0.15) is 5.56 Å². The molecule has 0 amide bonds. The number of fused-ring (bicyclic) bond motifs is 1. The molecule has 0 atom stereocenters. The molecule has 0 saturated heterocycles. The topological polar surface area (TPSA) is 86.6 Å². The van der Waals surface area contributed by atoms with E-state index in [1.165, 1.54) is 12.4 Å². The molecule has 0 fully saturated rings. The van der Waals surface area contributed by atoms with E-state index in [-0.39, 0.29) is 5.75 Å². The number of aromatic hydroxyl groups is 1. The van der Waals surface area contributed by atoms with Gasteiger partial charge in [-0.1, -0.05) is 18.2 Å². The molecule has 0 aliphatic carbocycles. The van der Waals surface area contributed by atoms with Gasteiger partial charge >= 0.3 is 0 Å². The van der Waals surface area contributed by atoms with Gasteiger partial charge in [0.2, 0.25) is 0 Å². The molecule has 29 heavy (non-hydrogen) atoms. The lowest BCUT2D eigenvalue weighted by Crippen LogP contribution is -1.99. The van der Waals surface area contributed by atoms with Crippen molar-refractivity contribution in [1.82, 2.24) is 15.0 Å². The lowest BCUT2D eigenvalue weighted by molar-refractivity contribution is 0.306. The summed E-state index contributed by atoms with van der Waals surface area (Å²) in [5.74, 6) is 2.45. The minimum Gasteiger partial charge on any atom is -0.505 e. The highest BCUT2D eigenvalue weighted by Gasteiger charge is 2.12. The van der Waals surface area contributed by atoms with Crippen LogP contribution in [0.4, 0.5) is 0 Å². The van der Waals surface area contributed by atoms with E-state index in [9.17, 15) is 5.11 Å². The number of hydrogen-bond donors (Lipinski definition) is 1. The summed E-state index contributed by atoms with van der Waals surface area (Å²) >= 11 is 0. The third-order valence-electron chi connectivity index (χ3n) is 4.36. The molecule has 2 aromatic heterocycles. The van der Waals surface area contributed by atoms with Crippen molar-refractivity contribution in [3.63, 3.8) is 0 Å². The first-order valence-corrected chi connectivity index (χ1v) is 8.92. The molecule has 0 aliphatic heterocycles. The molecule has 0 saturated carbocycles. The van der Waals surface area contributed by atoms with Gasteiger partial charge in [0.15, 0.2) is 11.6 Å². The summed E-state index contributed by atoms with van der Waals surface area (Å²) < 4.78 is 16.7. The number of ether oxygens (including phenoxy) is 3. The van der Waals surface area contributed by atoms with E-state index in [0.717, 1.165) is 16.7 Å². The Balaban J connectivity index is 1.71. The van der Waals surface area contributed by atoms with Gasteiger partial charge in [0.1, 0.15) is 35.1 Å². The highest BCUT2D eigenvalue weighted by Crippen LogP contribution is 2.32. The fourth-order valence-electron chi connectivity index (χ4n) is 2.91.